The van der Waals surface area contributed by atoms with Crippen molar-refractivity contribution >= 4 is 0 Å². The Kier molecular flexibility index (Phi) is 3.86. The summed E-state index contributed by atoms with van der Waals surface area (Å²) in [5, 5.41) is 10.1. The molecule has 1 heterocycles. The Morgan fingerprint density at radius 3 is 2.71 bits per heavy atom. The standard InChI is InChI=1S/C13H20N2O2/c1-17-12-6-4-5-10(13(12)16)11(9-14)15-7-2-3-8-15/h4-6,11,16H,2-3,7-9,14H2,1H3. The highest BCUT2D eigenvalue weighted by Crippen LogP contribution is 2.36. The number of likely N-dealkylation sites (tertiary alicyclic amines) is 1. The summed E-state index contributed by atoms with van der Waals surface area (Å²) < 4.78 is 5.13. The maximum absolute atomic E-state index is 10.1. The van der Waals surface area contributed by atoms with Gasteiger partial charge in [0.1, 0.15) is 0 Å². The Morgan fingerprint density at radius 2 is 2.12 bits per heavy atom. The summed E-state index contributed by atoms with van der Waals surface area (Å²) in [6.45, 7) is 2.62. The number of para-hydroxylation sites is 1. The van der Waals surface area contributed by atoms with Crippen LogP contribution < -0.4 is 10.5 Å². The highest BCUT2D eigenvalue weighted by atomic mass is 16.5. The minimum atomic E-state index is 0.0904. The molecule has 4 heteroatoms. The third kappa shape index (κ3) is 2.37. The monoisotopic (exact) mass is 236 g/mol. The van der Waals surface area contributed by atoms with E-state index in [0.717, 1.165) is 18.7 Å². The molecule has 0 bridgehead atoms. The molecule has 2 rings (SSSR count). The molecule has 1 fully saturated rings. The van der Waals surface area contributed by atoms with E-state index in [1.165, 1.54) is 12.8 Å². The number of methoxy groups -OCH3 is 1. The smallest absolute Gasteiger partial charge is 0.162 e. The van der Waals surface area contributed by atoms with Gasteiger partial charge in [-0.3, -0.25) is 4.90 Å². The predicted molar refractivity (Wildman–Crippen MR) is 67.3 cm³/mol. The van der Waals surface area contributed by atoms with Crippen LogP contribution in [0.4, 0.5) is 0 Å². The average Bonchev–Trinajstić information content (AvgIpc) is 2.86. The third-order valence-corrected chi connectivity index (χ3v) is 3.41. The van der Waals surface area contributed by atoms with E-state index in [4.69, 9.17) is 10.5 Å². The molecule has 0 radical (unpaired) electrons. The van der Waals surface area contributed by atoms with Crippen molar-refractivity contribution in [3.63, 3.8) is 0 Å². The molecule has 1 aromatic carbocycles. The first-order valence-corrected chi connectivity index (χ1v) is 6.08. The van der Waals surface area contributed by atoms with Gasteiger partial charge in [-0.05, 0) is 32.0 Å². The number of ether oxygens (including phenoxy) is 1. The van der Waals surface area contributed by atoms with E-state index >= 15 is 0 Å². The fourth-order valence-corrected chi connectivity index (χ4v) is 2.50. The van der Waals surface area contributed by atoms with E-state index in [1.54, 1.807) is 13.2 Å². The van der Waals surface area contributed by atoms with Crippen molar-refractivity contribution in [1.29, 1.82) is 0 Å². The maximum atomic E-state index is 10.1. The molecule has 3 N–H and O–H groups in total. The molecule has 1 aliphatic heterocycles. The summed E-state index contributed by atoms with van der Waals surface area (Å²) in [6.07, 6.45) is 2.42. The molecule has 0 spiro atoms. The minimum Gasteiger partial charge on any atom is -0.504 e. The zero-order chi connectivity index (χ0) is 12.3. The van der Waals surface area contributed by atoms with Gasteiger partial charge in [0.15, 0.2) is 11.5 Å². The second kappa shape index (κ2) is 5.38. The molecule has 4 nitrogen and oxygen atoms in total. The Hall–Kier alpha value is -1.26. The first-order valence-electron chi connectivity index (χ1n) is 6.08. The Labute approximate surface area is 102 Å². The maximum Gasteiger partial charge on any atom is 0.162 e. The van der Waals surface area contributed by atoms with E-state index in [1.807, 2.05) is 12.1 Å². The summed E-state index contributed by atoms with van der Waals surface area (Å²) in [4.78, 5) is 2.33. The molecule has 94 valence electrons. The summed E-state index contributed by atoms with van der Waals surface area (Å²) in [5.74, 6) is 0.734. The zero-order valence-electron chi connectivity index (χ0n) is 10.2. The minimum absolute atomic E-state index is 0.0904. The van der Waals surface area contributed by atoms with Gasteiger partial charge in [0, 0.05) is 12.1 Å². The number of phenols is 1. The average molecular weight is 236 g/mol. The van der Waals surface area contributed by atoms with Gasteiger partial charge in [0.2, 0.25) is 0 Å². The number of nitrogens with two attached hydrogens (primary N) is 1. The summed E-state index contributed by atoms with van der Waals surface area (Å²) >= 11 is 0. The van der Waals surface area contributed by atoms with Crippen LogP contribution in [0.15, 0.2) is 18.2 Å². The van der Waals surface area contributed by atoms with Crippen LogP contribution in [0.25, 0.3) is 0 Å². The van der Waals surface area contributed by atoms with Gasteiger partial charge in [-0.25, -0.2) is 0 Å². The third-order valence-electron chi connectivity index (χ3n) is 3.41. The highest BCUT2D eigenvalue weighted by molar-refractivity contribution is 5.47. The molecule has 0 saturated carbocycles. The van der Waals surface area contributed by atoms with Crippen molar-refractivity contribution in [1.82, 2.24) is 4.90 Å². The second-order valence-corrected chi connectivity index (χ2v) is 4.39. The van der Waals surface area contributed by atoms with Gasteiger partial charge in [0.25, 0.3) is 0 Å². The lowest BCUT2D eigenvalue weighted by Gasteiger charge is -2.27. The molecule has 1 aromatic rings. The SMILES string of the molecule is COc1cccc(C(CN)N2CCCC2)c1O. The fraction of sp³-hybridized carbons (Fsp3) is 0.538. The summed E-state index contributed by atoms with van der Waals surface area (Å²) in [5.41, 5.74) is 6.72. The van der Waals surface area contributed by atoms with Crippen molar-refractivity contribution in [3.05, 3.63) is 23.8 Å². The summed E-state index contributed by atoms with van der Waals surface area (Å²) in [7, 11) is 1.56. The van der Waals surface area contributed by atoms with E-state index in [2.05, 4.69) is 4.90 Å². The van der Waals surface area contributed by atoms with Crippen LogP contribution in [0.5, 0.6) is 11.5 Å². The van der Waals surface area contributed by atoms with Crippen LogP contribution in [0.3, 0.4) is 0 Å². The van der Waals surface area contributed by atoms with Crippen molar-refractivity contribution < 1.29 is 9.84 Å². The van der Waals surface area contributed by atoms with Crippen LogP contribution in [0.1, 0.15) is 24.4 Å². The van der Waals surface area contributed by atoms with Crippen molar-refractivity contribution in [3.8, 4) is 11.5 Å². The van der Waals surface area contributed by atoms with Crippen LogP contribution in [-0.2, 0) is 0 Å². The van der Waals surface area contributed by atoms with Gasteiger partial charge in [-0.2, -0.15) is 0 Å². The molecule has 1 saturated heterocycles. The fourth-order valence-electron chi connectivity index (χ4n) is 2.50. The molecule has 17 heavy (non-hydrogen) atoms. The first-order chi connectivity index (χ1) is 8.27. The van der Waals surface area contributed by atoms with E-state index in [9.17, 15) is 5.11 Å². The zero-order valence-corrected chi connectivity index (χ0v) is 10.2. The van der Waals surface area contributed by atoms with Crippen LogP contribution in [-0.4, -0.2) is 36.8 Å². The number of aromatic hydroxyl groups is 1. The van der Waals surface area contributed by atoms with Crippen molar-refractivity contribution in [2.45, 2.75) is 18.9 Å². The normalized spacial score (nSPS) is 18.2. The number of hydrogen-bond acceptors (Lipinski definition) is 4. The molecule has 1 unspecified atom stereocenters. The highest BCUT2D eigenvalue weighted by Gasteiger charge is 2.25. The molecular formula is C13H20N2O2. The van der Waals surface area contributed by atoms with Crippen molar-refractivity contribution in [2.75, 3.05) is 26.7 Å². The number of phenolic OH excluding ortho intramolecular Hbond substituents is 1. The number of nitrogens with zero attached hydrogens (tertiary/aromatic N) is 1. The van der Waals surface area contributed by atoms with Gasteiger partial charge in [0.05, 0.1) is 13.2 Å². The molecular weight excluding hydrogens is 216 g/mol. The molecule has 1 atom stereocenters. The largest absolute Gasteiger partial charge is 0.504 e. The number of hydrogen-bond donors (Lipinski definition) is 2. The van der Waals surface area contributed by atoms with Crippen LogP contribution >= 0.6 is 0 Å². The quantitative estimate of drug-likeness (QED) is 0.831. The van der Waals surface area contributed by atoms with E-state index in [0.29, 0.717) is 12.3 Å². The lowest BCUT2D eigenvalue weighted by atomic mass is 10.0. The van der Waals surface area contributed by atoms with Crippen LogP contribution in [0, 0.1) is 0 Å². The second-order valence-electron chi connectivity index (χ2n) is 4.39. The lowest BCUT2D eigenvalue weighted by molar-refractivity contribution is 0.244. The van der Waals surface area contributed by atoms with Crippen molar-refractivity contribution in [2.24, 2.45) is 5.73 Å². The van der Waals surface area contributed by atoms with E-state index in [-0.39, 0.29) is 11.8 Å². The number of benzene rings is 1. The molecule has 0 aromatic heterocycles. The first kappa shape index (κ1) is 12.2. The van der Waals surface area contributed by atoms with Crippen LogP contribution in [0.2, 0.25) is 0 Å². The predicted octanol–water partition coefficient (Wildman–Crippen LogP) is 1.50. The Bertz CT molecular complexity index is 376. The van der Waals surface area contributed by atoms with Gasteiger partial charge < -0.3 is 15.6 Å². The van der Waals surface area contributed by atoms with Gasteiger partial charge in [-0.1, -0.05) is 12.1 Å². The van der Waals surface area contributed by atoms with Gasteiger partial charge >= 0.3 is 0 Å². The topological polar surface area (TPSA) is 58.7 Å². The molecule has 1 aliphatic rings. The molecule has 0 amide bonds. The Morgan fingerprint density at radius 1 is 1.41 bits per heavy atom. The summed E-state index contributed by atoms with van der Waals surface area (Å²) in [6, 6.07) is 5.67. The number of rotatable bonds is 4. The Balaban J connectivity index is 2.29. The molecule has 0 aliphatic carbocycles. The van der Waals surface area contributed by atoms with Gasteiger partial charge in [-0.15, -0.1) is 0 Å². The van der Waals surface area contributed by atoms with E-state index < -0.39 is 0 Å². The lowest BCUT2D eigenvalue weighted by Crippen LogP contribution is -2.31.